The molecule has 2 heterocycles. The number of aryl methyl sites for hydroxylation is 1. The number of unbranched alkanes of at least 4 members (excludes halogenated alkanes) is 1. The lowest BCUT2D eigenvalue weighted by Crippen LogP contribution is -2.40. The average molecular weight is 334 g/mol. The predicted octanol–water partition coefficient (Wildman–Crippen LogP) is -0.00500. The number of carbonyl (C=O) groups excluding carboxylic acids is 1. The quantitative estimate of drug-likeness (QED) is 0.680. The standard InChI is InChI=1S/C15H18N4O5/c1-3-4-5-10(14(22)23)17-12(20)8-6-9-11(16-7-8)19(2)15(24)18-13(9)21/h6-7,10H,3-5H2,1-2H3,(H,17,20)(H,22,23)(H,18,21,24). The molecule has 128 valence electrons. The Morgan fingerprint density at radius 2 is 2.12 bits per heavy atom. The van der Waals surface area contributed by atoms with Gasteiger partial charge >= 0.3 is 11.7 Å². The molecule has 9 heteroatoms. The third kappa shape index (κ3) is 3.50. The molecule has 1 amide bonds. The Kier molecular flexibility index (Phi) is 5.12. The van der Waals surface area contributed by atoms with E-state index in [0.29, 0.717) is 12.8 Å². The third-order valence-corrected chi connectivity index (χ3v) is 3.67. The fourth-order valence-electron chi connectivity index (χ4n) is 2.27. The Labute approximate surface area is 136 Å². The second-order valence-electron chi connectivity index (χ2n) is 5.42. The maximum atomic E-state index is 12.2. The maximum Gasteiger partial charge on any atom is 0.329 e. The van der Waals surface area contributed by atoms with Crippen LogP contribution in [0.1, 0.15) is 36.5 Å². The van der Waals surface area contributed by atoms with Crippen LogP contribution in [-0.2, 0) is 11.8 Å². The molecule has 0 aliphatic rings. The van der Waals surface area contributed by atoms with Crippen LogP contribution in [-0.4, -0.2) is 37.6 Å². The van der Waals surface area contributed by atoms with E-state index in [-0.39, 0.29) is 16.6 Å². The summed E-state index contributed by atoms with van der Waals surface area (Å²) in [5.74, 6) is -1.76. The molecule has 0 bridgehead atoms. The van der Waals surface area contributed by atoms with Crippen molar-refractivity contribution >= 4 is 22.9 Å². The van der Waals surface area contributed by atoms with E-state index in [4.69, 9.17) is 5.11 Å². The zero-order valence-electron chi connectivity index (χ0n) is 13.3. The van der Waals surface area contributed by atoms with E-state index >= 15 is 0 Å². The van der Waals surface area contributed by atoms with Gasteiger partial charge in [-0.3, -0.25) is 19.1 Å². The molecule has 0 aromatic carbocycles. The van der Waals surface area contributed by atoms with Crippen LogP contribution < -0.4 is 16.6 Å². The number of pyridine rings is 1. The van der Waals surface area contributed by atoms with Crippen molar-refractivity contribution in [2.75, 3.05) is 0 Å². The SMILES string of the molecule is CCCCC(NC(=O)c1cnc2c(c1)c(=O)[nH]c(=O)n2C)C(=O)O. The van der Waals surface area contributed by atoms with Crippen molar-refractivity contribution in [1.29, 1.82) is 0 Å². The summed E-state index contributed by atoms with van der Waals surface area (Å²) in [5, 5.41) is 11.6. The molecule has 2 rings (SSSR count). The van der Waals surface area contributed by atoms with E-state index in [0.717, 1.165) is 11.0 Å². The topological polar surface area (TPSA) is 134 Å². The number of carboxylic acid groups (broad SMARTS) is 1. The number of carboxylic acids is 1. The lowest BCUT2D eigenvalue weighted by molar-refractivity contribution is -0.139. The van der Waals surface area contributed by atoms with Gasteiger partial charge in [-0.2, -0.15) is 0 Å². The number of aliphatic carboxylic acids is 1. The largest absolute Gasteiger partial charge is 0.480 e. The summed E-state index contributed by atoms with van der Waals surface area (Å²) in [4.78, 5) is 52.9. The fraction of sp³-hybridized carbons (Fsp3) is 0.400. The van der Waals surface area contributed by atoms with Gasteiger partial charge in [0.2, 0.25) is 0 Å². The number of aromatic nitrogens is 3. The molecule has 3 N–H and O–H groups in total. The van der Waals surface area contributed by atoms with E-state index in [2.05, 4.69) is 15.3 Å². The Hall–Kier alpha value is -2.97. The van der Waals surface area contributed by atoms with Crippen LogP contribution in [0, 0.1) is 0 Å². The first-order valence-corrected chi connectivity index (χ1v) is 7.48. The molecular weight excluding hydrogens is 316 g/mol. The number of hydrogen-bond acceptors (Lipinski definition) is 5. The van der Waals surface area contributed by atoms with Gasteiger partial charge < -0.3 is 10.4 Å². The van der Waals surface area contributed by atoms with Gasteiger partial charge in [-0.25, -0.2) is 14.6 Å². The second-order valence-corrected chi connectivity index (χ2v) is 5.42. The average Bonchev–Trinajstić information content (AvgIpc) is 2.55. The first-order valence-electron chi connectivity index (χ1n) is 7.48. The van der Waals surface area contributed by atoms with Gasteiger partial charge in [0.1, 0.15) is 11.7 Å². The van der Waals surface area contributed by atoms with Crippen molar-refractivity contribution in [3.8, 4) is 0 Å². The molecular formula is C15H18N4O5. The highest BCUT2D eigenvalue weighted by Gasteiger charge is 2.20. The molecule has 9 nitrogen and oxygen atoms in total. The summed E-state index contributed by atoms with van der Waals surface area (Å²) in [5.41, 5.74) is -1.07. The number of nitrogens with zero attached hydrogens (tertiary/aromatic N) is 2. The molecule has 2 aromatic rings. The van der Waals surface area contributed by atoms with Gasteiger partial charge in [-0.05, 0) is 12.5 Å². The molecule has 0 radical (unpaired) electrons. The Balaban J connectivity index is 2.35. The van der Waals surface area contributed by atoms with Crippen molar-refractivity contribution in [3.05, 3.63) is 38.7 Å². The highest BCUT2D eigenvalue weighted by Crippen LogP contribution is 2.08. The van der Waals surface area contributed by atoms with Crippen LogP contribution in [0.15, 0.2) is 21.9 Å². The number of fused-ring (bicyclic) bond motifs is 1. The van der Waals surface area contributed by atoms with Crippen molar-refractivity contribution < 1.29 is 14.7 Å². The molecule has 0 aliphatic heterocycles. The summed E-state index contributed by atoms with van der Waals surface area (Å²) >= 11 is 0. The molecule has 24 heavy (non-hydrogen) atoms. The van der Waals surface area contributed by atoms with Crippen LogP contribution in [0.5, 0.6) is 0 Å². The first kappa shape index (κ1) is 17.4. The predicted molar refractivity (Wildman–Crippen MR) is 86.0 cm³/mol. The van der Waals surface area contributed by atoms with E-state index < -0.39 is 29.2 Å². The number of amides is 1. The third-order valence-electron chi connectivity index (χ3n) is 3.67. The number of aromatic amines is 1. The minimum atomic E-state index is -1.12. The summed E-state index contributed by atoms with van der Waals surface area (Å²) in [6.07, 6.45) is 2.98. The van der Waals surface area contributed by atoms with Crippen LogP contribution in [0.3, 0.4) is 0 Å². The summed E-state index contributed by atoms with van der Waals surface area (Å²) in [6, 6.07) is 0.279. The van der Waals surface area contributed by atoms with E-state index in [1.807, 2.05) is 6.92 Å². The summed E-state index contributed by atoms with van der Waals surface area (Å²) < 4.78 is 1.15. The fourth-order valence-corrected chi connectivity index (χ4v) is 2.27. The van der Waals surface area contributed by atoms with Crippen LogP contribution in [0.25, 0.3) is 11.0 Å². The molecule has 0 aliphatic carbocycles. The Morgan fingerprint density at radius 3 is 2.75 bits per heavy atom. The van der Waals surface area contributed by atoms with E-state index in [1.54, 1.807) is 0 Å². The monoisotopic (exact) mass is 334 g/mol. The number of carbonyl (C=O) groups is 2. The normalized spacial score (nSPS) is 12.1. The van der Waals surface area contributed by atoms with Crippen LogP contribution >= 0.6 is 0 Å². The van der Waals surface area contributed by atoms with Gasteiger partial charge in [0.05, 0.1) is 10.9 Å². The smallest absolute Gasteiger partial charge is 0.329 e. The Bertz CT molecular complexity index is 899. The summed E-state index contributed by atoms with van der Waals surface area (Å²) in [6.45, 7) is 1.92. The van der Waals surface area contributed by atoms with Gasteiger partial charge in [-0.1, -0.05) is 19.8 Å². The zero-order chi connectivity index (χ0) is 17.9. The van der Waals surface area contributed by atoms with E-state index in [1.165, 1.54) is 19.3 Å². The minimum absolute atomic E-state index is 0.0504. The van der Waals surface area contributed by atoms with Gasteiger partial charge in [0, 0.05) is 13.2 Å². The molecule has 0 fully saturated rings. The Morgan fingerprint density at radius 1 is 1.42 bits per heavy atom. The lowest BCUT2D eigenvalue weighted by Gasteiger charge is -2.14. The van der Waals surface area contributed by atoms with Crippen LogP contribution in [0.4, 0.5) is 0 Å². The van der Waals surface area contributed by atoms with Gasteiger partial charge in [0.15, 0.2) is 0 Å². The lowest BCUT2D eigenvalue weighted by atomic mass is 10.1. The molecule has 1 unspecified atom stereocenters. The van der Waals surface area contributed by atoms with Gasteiger partial charge in [-0.15, -0.1) is 0 Å². The van der Waals surface area contributed by atoms with Crippen LogP contribution in [0.2, 0.25) is 0 Å². The molecule has 0 saturated heterocycles. The van der Waals surface area contributed by atoms with Crippen molar-refractivity contribution in [2.24, 2.45) is 7.05 Å². The van der Waals surface area contributed by atoms with Crippen molar-refractivity contribution in [3.63, 3.8) is 0 Å². The van der Waals surface area contributed by atoms with Gasteiger partial charge in [0.25, 0.3) is 11.5 Å². The number of nitrogens with one attached hydrogen (secondary N) is 2. The molecule has 0 spiro atoms. The zero-order valence-corrected chi connectivity index (χ0v) is 13.3. The first-order chi connectivity index (χ1) is 11.3. The maximum absolute atomic E-state index is 12.2. The highest BCUT2D eigenvalue weighted by atomic mass is 16.4. The van der Waals surface area contributed by atoms with Crippen molar-refractivity contribution in [1.82, 2.24) is 19.9 Å². The molecule has 1 atom stereocenters. The molecule has 0 saturated carbocycles. The molecule has 2 aromatic heterocycles. The highest BCUT2D eigenvalue weighted by molar-refractivity contribution is 5.98. The second kappa shape index (κ2) is 7.07. The number of H-pyrrole nitrogens is 1. The summed E-state index contributed by atoms with van der Waals surface area (Å²) in [7, 11) is 1.44. The minimum Gasteiger partial charge on any atom is -0.480 e. The van der Waals surface area contributed by atoms with E-state index in [9.17, 15) is 19.2 Å². The number of hydrogen-bond donors (Lipinski definition) is 3. The van der Waals surface area contributed by atoms with Crippen molar-refractivity contribution in [2.45, 2.75) is 32.2 Å². The number of rotatable bonds is 6.